The molecule has 0 amide bonds. The molecular formula is C15H26N4. The summed E-state index contributed by atoms with van der Waals surface area (Å²) in [7, 11) is 2.00. The maximum Gasteiger partial charge on any atom is 0.0755 e. The van der Waals surface area contributed by atoms with E-state index in [-0.39, 0.29) is 0 Å². The summed E-state index contributed by atoms with van der Waals surface area (Å²) >= 11 is 0. The Morgan fingerprint density at radius 2 is 2.05 bits per heavy atom. The molecule has 0 aromatic carbocycles. The van der Waals surface area contributed by atoms with Crippen LogP contribution in [0.5, 0.6) is 0 Å². The van der Waals surface area contributed by atoms with E-state index in [2.05, 4.69) is 28.4 Å². The molecule has 4 nitrogen and oxygen atoms in total. The van der Waals surface area contributed by atoms with Gasteiger partial charge in [0.15, 0.2) is 0 Å². The largest absolute Gasteiger partial charge is 0.363 e. The molecule has 2 unspecified atom stereocenters. The number of aromatic nitrogens is 2. The number of rotatable bonds is 2. The third kappa shape index (κ3) is 2.78. The van der Waals surface area contributed by atoms with Gasteiger partial charge in [0.25, 0.3) is 0 Å². The van der Waals surface area contributed by atoms with Crippen LogP contribution in [-0.2, 0) is 7.05 Å². The SMILES string of the molecule is CC1CNC(C2CCCCC2)CN1c1cnn(C)c1. The van der Waals surface area contributed by atoms with Gasteiger partial charge in [-0.3, -0.25) is 4.68 Å². The normalized spacial score (nSPS) is 29.7. The van der Waals surface area contributed by atoms with Gasteiger partial charge in [0.2, 0.25) is 0 Å². The molecule has 1 aliphatic carbocycles. The Morgan fingerprint density at radius 3 is 2.74 bits per heavy atom. The zero-order valence-electron chi connectivity index (χ0n) is 12.2. The first-order valence-corrected chi connectivity index (χ1v) is 7.72. The Balaban J connectivity index is 1.69. The second kappa shape index (κ2) is 5.53. The molecule has 1 saturated carbocycles. The van der Waals surface area contributed by atoms with Crippen LogP contribution in [0.1, 0.15) is 39.0 Å². The summed E-state index contributed by atoms with van der Waals surface area (Å²) in [4.78, 5) is 2.53. The van der Waals surface area contributed by atoms with Crippen LogP contribution in [-0.4, -0.2) is 35.0 Å². The number of hydrogen-bond donors (Lipinski definition) is 1. The fourth-order valence-corrected chi connectivity index (χ4v) is 3.66. The lowest BCUT2D eigenvalue weighted by Gasteiger charge is -2.43. The Bertz CT molecular complexity index is 408. The highest BCUT2D eigenvalue weighted by Crippen LogP contribution is 2.29. The standard InChI is InChI=1S/C15H26N4/c1-12-8-16-15(13-6-4-3-5-7-13)11-19(12)14-9-17-18(2)10-14/h9-10,12-13,15-16H,3-8,11H2,1-2H3. The summed E-state index contributed by atoms with van der Waals surface area (Å²) in [6.07, 6.45) is 11.2. The van der Waals surface area contributed by atoms with Gasteiger partial charge in [-0.15, -0.1) is 0 Å². The quantitative estimate of drug-likeness (QED) is 0.886. The van der Waals surface area contributed by atoms with Gasteiger partial charge in [-0.25, -0.2) is 0 Å². The fourth-order valence-electron chi connectivity index (χ4n) is 3.66. The molecule has 0 spiro atoms. The number of nitrogens with one attached hydrogen (secondary N) is 1. The van der Waals surface area contributed by atoms with Gasteiger partial charge in [0.05, 0.1) is 11.9 Å². The summed E-state index contributed by atoms with van der Waals surface area (Å²) < 4.78 is 1.90. The maximum atomic E-state index is 4.32. The molecule has 106 valence electrons. The van der Waals surface area contributed by atoms with Crippen molar-refractivity contribution in [2.75, 3.05) is 18.0 Å². The zero-order chi connectivity index (χ0) is 13.2. The summed E-state index contributed by atoms with van der Waals surface area (Å²) in [6, 6.07) is 1.22. The van der Waals surface area contributed by atoms with Crippen LogP contribution in [0.4, 0.5) is 5.69 Å². The van der Waals surface area contributed by atoms with Crippen LogP contribution in [0, 0.1) is 5.92 Å². The van der Waals surface area contributed by atoms with Crippen molar-refractivity contribution in [1.82, 2.24) is 15.1 Å². The van der Waals surface area contributed by atoms with Gasteiger partial charge in [0, 0.05) is 38.4 Å². The number of anilines is 1. The first-order valence-electron chi connectivity index (χ1n) is 7.72. The lowest BCUT2D eigenvalue weighted by Crippen LogP contribution is -2.58. The molecule has 0 bridgehead atoms. The maximum absolute atomic E-state index is 4.32. The molecule has 1 saturated heterocycles. The third-order valence-corrected chi connectivity index (χ3v) is 4.84. The van der Waals surface area contributed by atoms with Crippen LogP contribution in [0.15, 0.2) is 12.4 Å². The topological polar surface area (TPSA) is 33.1 Å². The Hall–Kier alpha value is -1.03. The molecule has 19 heavy (non-hydrogen) atoms. The number of piperazine rings is 1. The van der Waals surface area contributed by atoms with Gasteiger partial charge in [0.1, 0.15) is 0 Å². The highest BCUT2D eigenvalue weighted by atomic mass is 15.3. The van der Waals surface area contributed by atoms with E-state index in [1.54, 1.807) is 0 Å². The molecule has 4 heteroatoms. The molecule has 1 N–H and O–H groups in total. The van der Waals surface area contributed by atoms with Crippen molar-refractivity contribution in [2.24, 2.45) is 13.0 Å². The van der Waals surface area contributed by atoms with Gasteiger partial charge in [-0.05, 0) is 25.7 Å². The van der Waals surface area contributed by atoms with Crippen LogP contribution in [0.25, 0.3) is 0 Å². The average molecular weight is 262 g/mol. The van der Waals surface area contributed by atoms with E-state index >= 15 is 0 Å². The van der Waals surface area contributed by atoms with Gasteiger partial charge in [-0.2, -0.15) is 5.10 Å². The van der Waals surface area contributed by atoms with E-state index in [9.17, 15) is 0 Å². The number of aryl methyl sites for hydroxylation is 1. The van der Waals surface area contributed by atoms with E-state index in [4.69, 9.17) is 0 Å². The minimum Gasteiger partial charge on any atom is -0.363 e. The molecule has 2 heterocycles. The minimum atomic E-state index is 0.559. The molecular weight excluding hydrogens is 236 g/mol. The van der Waals surface area contributed by atoms with Crippen molar-refractivity contribution in [3.05, 3.63) is 12.4 Å². The molecule has 3 rings (SSSR count). The first kappa shape index (κ1) is 13.0. The van der Waals surface area contributed by atoms with Crippen LogP contribution < -0.4 is 10.2 Å². The summed E-state index contributed by atoms with van der Waals surface area (Å²) in [6.45, 7) is 4.53. The predicted octanol–water partition coefficient (Wildman–Crippen LogP) is 2.17. The lowest BCUT2D eigenvalue weighted by atomic mass is 9.82. The van der Waals surface area contributed by atoms with E-state index < -0.39 is 0 Å². The molecule has 1 aromatic heterocycles. The molecule has 2 aliphatic rings. The predicted molar refractivity (Wildman–Crippen MR) is 78.4 cm³/mol. The molecule has 1 aliphatic heterocycles. The lowest BCUT2D eigenvalue weighted by molar-refractivity contribution is 0.245. The summed E-state index contributed by atoms with van der Waals surface area (Å²) in [5.41, 5.74) is 1.28. The van der Waals surface area contributed by atoms with Crippen molar-refractivity contribution < 1.29 is 0 Å². The summed E-state index contributed by atoms with van der Waals surface area (Å²) in [5.74, 6) is 0.875. The van der Waals surface area contributed by atoms with Crippen LogP contribution >= 0.6 is 0 Å². The number of nitrogens with zero attached hydrogens (tertiary/aromatic N) is 3. The van der Waals surface area contributed by atoms with Crippen molar-refractivity contribution in [2.45, 2.75) is 51.1 Å². The van der Waals surface area contributed by atoms with Gasteiger partial charge < -0.3 is 10.2 Å². The monoisotopic (exact) mass is 262 g/mol. The first-order chi connectivity index (χ1) is 9.24. The summed E-state index contributed by atoms with van der Waals surface area (Å²) in [5, 5.41) is 8.09. The van der Waals surface area contributed by atoms with E-state index in [0.29, 0.717) is 12.1 Å². The van der Waals surface area contributed by atoms with Crippen molar-refractivity contribution in [3.8, 4) is 0 Å². The smallest absolute Gasteiger partial charge is 0.0755 e. The average Bonchev–Trinajstić information content (AvgIpc) is 2.87. The molecule has 2 atom stereocenters. The Morgan fingerprint density at radius 1 is 1.26 bits per heavy atom. The van der Waals surface area contributed by atoms with E-state index in [1.165, 1.54) is 37.8 Å². The van der Waals surface area contributed by atoms with E-state index in [0.717, 1.165) is 19.0 Å². The third-order valence-electron chi connectivity index (χ3n) is 4.84. The van der Waals surface area contributed by atoms with Crippen molar-refractivity contribution in [1.29, 1.82) is 0 Å². The Labute approximate surface area is 116 Å². The second-order valence-electron chi connectivity index (χ2n) is 6.29. The van der Waals surface area contributed by atoms with E-state index in [1.807, 2.05) is 17.9 Å². The highest BCUT2D eigenvalue weighted by molar-refractivity contribution is 5.44. The van der Waals surface area contributed by atoms with Crippen LogP contribution in [0.2, 0.25) is 0 Å². The Kier molecular flexibility index (Phi) is 3.78. The molecule has 0 radical (unpaired) electrons. The van der Waals surface area contributed by atoms with Gasteiger partial charge in [-0.1, -0.05) is 19.3 Å². The molecule has 2 fully saturated rings. The number of hydrogen-bond acceptors (Lipinski definition) is 3. The fraction of sp³-hybridized carbons (Fsp3) is 0.800. The molecule has 1 aromatic rings. The zero-order valence-corrected chi connectivity index (χ0v) is 12.2. The van der Waals surface area contributed by atoms with Crippen molar-refractivity contribution >= 4 is 5.69 Å². The van der Waals surface area contributed by atoms with Crippen LogP contribution in [0.3, 0.4) is 0 Å². The highest BCUT2D eigenvalue weighted by Gasteiger charge is 2.31. The van der Waals surface area contributed by atoms with Crippen molar-refractivity contribution in [3.63, 3.8) is 0 Å². The van der Waals surface area contributed by atoms with Gasteiger partial charge >= 0.3 is 0 Å². The minimum absolute atomic E-state index is 0.559. The second-order valence-corrected chi connectivity index (χ2v) is 6.29.